The number of amides is 1. The van der Waals surface area contributed by atoms with Crippen LogP contribution in [0.3, 0.4) is 0 Å². The number of hydrogen-bond donors (Lipinski definition) is 1. The van der Waals surface area contributed by atoms with Crippen molar-refractivity contribution in [2.75, 3.05) is 45.1 Å². The summed E-state index contributed by atoms with van der Waals surface area (Å²) in [7, 11) is 2.09. The van der Waals surface area contributed by atoms with E-state index in [0.29, 0.717) is 12.1 Å². The third-order valence-electron chi connectivity index (χ3n) is 3.26. The van der Waals surface area contributed by atoms with Crippen LogP contribution >= 0.6 is 0 Å². The van der Waals surface area contributed by atoms with Crippen LogP contribution in [0, 0.1) is 11.3 Å². The fourth-order valence-corrected chi connectivity index (χ4v) is 2.04. The summed E-state index contributed by atoms with van der Waals surface area (Å²) in [5.41, 5.74) is 1.33. The number of nitriles is 1. The predicted octanol–water partition coefficient (Wildman–Crippen LogP) is 0.744. The van der Waals surface area contributed by atoms with Gasteiger partial charge in [-0.2, -0.15) is 5.26 Å². The molecule has 0 aromatic heterocycles. The minimum Gasteiger partial charge on any atom is -0.325 e. The number of nitrogens with zero attached hydrogens (tertiary/aromatic N) is 3. The molecule has 1 aromatic rings. The zero-order valence-corrected chi connectivity index (χ0v) is 11.1. The summed E-state index contributed by atoms with van der Waals surface area (Å²) in [5, 5.41) is 11.5. The molecule has 1 N–H and O–H groups in total. The molecule has 1 aromatic carbocycles. The van der Waals surface area contributed by atoms with Crippen LogP contribution in [0.1, 0.15) is 5.56 Å². The molecule has 0 aliphatic carbocycles. The van der Waals surface area contributed by atoms with E-state index < -0.39 is 0 Å². The van der Waals surface area contributed by atoms with Gasteiger partial charge in [0.1, 0.15) is 0 Å². The van der Waals surface area contributed by atoms with E-state index in [-0.39, 0.29) is 5.91 Å². The maximum absolute atomic E-state index is 11.9. The van der Waals surface area contributed by atoms with Gasteiger partial charge in [0.25, 0.3) is 0 Å². The summed E-state index contributed by atoms with van der Waals surface area (Å²) >= 11 is 0. The zero-order valence-electron chi connectivity index (χ0n) is 11.1. The van der Waals surface area contributed by atoms with Crippen LogP contribution in [0.2, 0.25) is 0 Å². The first-order chi connectivity index (χ1) is 9.17. The van der Waals surface area contributed by atoms with E-state index in [1.54, 1.807) is 24.3 Å². The van der Waals surface area contributed by atoms with E-state index in [4.69, 9.17) is 5.26 Å². The minimum atomic E-state index is -0.00531. The average molecular weight is 258 g/mol. The molecule has 0 unspecified atom stereocenters. The molecule has 0 bridgehead atoms. The van der Waals surface area contributed by atoms with Crippen molar-refractivity contribution in [3.63, 3.8) is 0 Å². The van der Waals surface area contributed by atoms with Gasteiger partial charge >= 0.3 is 0 Å². The number of carbonyl (C=O) groups is 1. The molecule has 2 rings (SSSR count). The number of anilines is 1. The van der Waals surface area contributed by atoms with E-state index in [1.807, 2.05) is 0 Å². The summed E-state index contributed by atoms with van der Waals surface area (Å²) in [4.78, 5) is 16.3. The highest BCUT2D eigenvalue weighted by Crippen LogP contribution is 2.09. The third-order valence-corrected chi connectivity index (χ3v) is 3.26. The molecular formula is C14H18N4O. The molecule has 1 aliphatic rings. The molecule has 5 nitrogen and oxygen atoms in total. The van der Waals surface area contributed by atoms with Gasteiger partial charge in [0, 0.05) is 31.9 Å². The number of likely N-dealkylation sites (N-methyl/N-ethyl adjacent to an activating group) is 1. The molecule has 1 fully saturated rings. The van der Waals surface area contributed by atoms with Gasteiger partial charge < -0.3 is 10.2 Å². The van der Waals surface area contributed by atoms with Crippen molar-refractivity contribution in [2.45, 2.75) is 0 Å². The van der Waals surface area contributed by atoms with Crippen molar-refractivity contribution >= 4 is 11.6 Å². The van der Waals surface area contributed by atoms with E-state index >= 15 is 0 Å². The smallest absolute Gasteiger partial charge is 0.238 e. The standard InChI is InChI=1S/C14H18N4O/c1-17-6-8-18(9-7-17)11-14(19)16-13-4-2-12(10-15)3-5-13/h2-5H,6-9,11H2,1H3,(H,16,19). The lowest BCUT2D eigenvalue weighted by molar-refractivity contribution is -0.117. The quantitative estimate of drug-likeness (QED) is 0.869. The zero-order chi connectivity index (χ0) is 13.7. The first-order valence-corrected chi connectivity index (χ1v) is 6.38. The van der Waals surface area contributed by atoms with Crippen molar-refractivity contribution in [3.8, 4) is 6.07 Å². The Morgan fingerprint density at radius 3 is 2.47 bits per heavy atom. The van der Waals surface area contributed by atoms with Crippen molar-refractivity contribution in [1.29, 1.82) is 5.26 Å². The van der Waals surface area contributed by atoms with Crippen LogP contribution in [0.25, 0.3) is 0 Å². The maximum atomic E-state index is 11.9. The van der Waals surface area contributed by atoms with Crippen molar-refractivity contribution < 1.29 is 4.79 Å². The summed E-state index contributed by atoms with van der Waals surface area (Å²) < 4.78 is 0. The van der Waals surface area contributed by atoms with E-state index in [2.05, 4.69) is 28.2 Å². The number of nitrogens with one attached hydrogen (secondary N) is 1. The minimum absolute atomic E-state index is 0.00531. The molecule has 100 valence electrons. The second-order valence-corrected chi connectivity index (χ2v) is 4.82. The first kappa shape index (κ1) is 13.5. The van der Waals surface area contributed by atoms with Crippen molar-refractivity contribution in [3.05, 3.63) is 29.8 Å². The molecule has 1 heterocycles. The molecule has 1 saturated heterocycles. The Morgan fingerprint density at radius 1 is 1.26 bits per heavy atom. The number of rotatable bonds is 3. The van der Waals surface area contributed by atoms with Gasteiger partial charge in [0.2, 0.25) is 5.91 Å². The van der Waals surface area contributed by atoms with Crippen molar-refractivity contribution in [1.82, 2.24) is 9.80 Å². The lowest BCUT2D eigenvalue weighted by Crippen LogP contribution is -2.47. The van der Waals surface area contributed by atoms with Crippen LogP contribution in [0.4, 0.5) is 5.69 Å². The molecule has 0 atom stereocenters. The lowest BCUT2D eigenvalue weighted by atomic mass is 10.2. The average Bonchev–Trinajstić information content (AvgIpc) is 2.42. The van der Waals surface area contributed by atoms with Gasteiger partial charge in [-0.15, -0.1) is 0 Å². The fraction of sp³-hybridized carbons (Fsp3) is 0.429. The molecular weight excluding hydrogens is 240 g/mol. The monoisotopic (exact) mass is 258 g/mol. The first-order valence-electron chi connectivity index (χ1n) is 6.38. The number of hydrogen-bond acceptors (Lipinski definition) is 4. The number of piperazine rings is 1. The summed E-state index contributed by atoms with van der Waals surface area (Å²) in [6.07, 6.45) is 0. The molecule has 0 spiro atoms. The molecule has 19 heavy (non-hydrogen) atoms. The van der Waals surface area contributed by atoms with E-state index in [9.17, 15) is 4.79 Å². The Labute approximate surface area is 113 Å². The van der Waals surface area contributed by atoms with Gasteiger partial charge in [-0.1, -0.05) is 0 Å². The summed E-state index contributed by atoms with van der Waals surface area (Å²) in [5.74, 6) is -0.00531. The number of carbonyl (C=O) groups excluding carboxylic acids is 1. The maximum Gasteiger partial charge on any atom is 0.238 e. The van der Waals surface area contributed by atoms with Crippen LogP contribution < -0.4 is 5.32 Å². The fourth-order valence-electron chi connectivity index (χ4n) is 2.04. The SMILES string of the molecule is CN1CCN(CC(=O)Nc2ccc(C#N)cc2)CC1. The normalized spacial score (nSPS) is 16.8. The Kier molecular flexibility index (Phi) is 4.50. The van der Waals surface area contributed by atoms with Crippen LogP contribution in [-0.2, 0) is 4.79 Å². The number of benzene rings is 1. The third kappa shape index (κ3) is 4.05. The summed E-state index contributed by atoms with van der Waals surface area (Å²) in [6.45, 7) is 4.29. The molecule has 0 saturated carbocycles. The molecule has 1 aliphatic heterocycles. The molecule has 1 amide bonds. The van der Waals surface area contributed by atoms with Crippen LogP contribution in [0.15, 0.2) is 24.3 Å². The molecule has 0 radical (unpaired) electrons. The van der Waals surface area contributed by atoms with Crippen LogP contribution in [-0.4, -0.2) is 55.5 Å². The Bertz CT molecular complexity index is 469. The Morgan fingerprint density at radius 2 is 1.89 bits per heavy atom. The lowest BCUT2D eigenvalue weighted by Gasteiger charge is -2.31. The highest BCUT2D eigenvalue weighted by molar-refractivity contribution is 5.92. The van der Waals surface area contributed by atoms with Crippen LogP contribution in [0.5, 0.6) is 0 Å². The van der Waals surface area contributed by atoms with Gasteiger partial charge in [-0.25, -0.2) is 0 Å². The topological polar surface area (TPSA) is 59.4 Å². The second-order valence-electron chi connectivity index (χ2n) is 4.82. The van der Waals surface area contributed by atoms with E-state index in [1.165, 1.54) is 0 Å². The van der Waals surface area contributed by atoms with E-state index in [0.717, 1.165) is 31.9 Å². The largest absolute Gasteiger partial charge is 0.325 e. The highest BCUT2D eigenvalue weighted by Gasteiger charge is 2.16. The Hall–Kier alpha value is -1.90. The van der Waals surface area contributed by atoms with Gasteiger partial charge in [-0.05, 0) is 31.3 Å². The predicted molar refractivity (Wildman–Crippen MR) is 73.7 cm³/mol. The highest BCUT2D eigenvalue weighted by atomic mass is 16.2. The second kappa shape index (κ2) is 6.32. The Balaban J connectivity index is 1.82. The molecule has 5 heteroatoms. The van der Waals surface area contributed by atoms with Crippen molar-refractivity contribution in [2.24, 2.45) is 0 Å². The van der Waals surface area contributed by atoms with Gasteiger partial charge in [0.05, 0.1) is 18.2 Å². The summed E-state index contributed by atoms with van der Waals surface area (Å²) in [6, 6.07) is 8.95. The van der Waals surface area contributed by atoms with Gasteiger partial charge in [-0.3, -0.25) is 9.69 Å². The van der Waals surface area contributed by atoms with Gasteiger partial charge in [0.15, 0.2) is 0 Å².